The van der Waals surface area contributed by atoms with Crippen molar-refractivity contribution in [2.45, 2.75) is 0 Å². The average molecular weight is 194 g/mol. The Morgan fingerprint density at radius 3 is 3.00 bits per heavy atom. The summed E-state index contributed by atoms with van der Waals surface area (Å²) in [6, 6.07) is 15.1. The monoisotopic (exact) mass is 194 g/mol. The summed E-state index contributed by atoms with van der Waals surface area (Å²) in [4.78, 5) is 3.91. The lowest BCUT2D eigenvalue weighted by Gasteiger charge is -1.99. The summed E-state index contributed by atoms with van der Waals surface area (Å²) < 4.78 is 5.25. The molecule has 1 radical (unpaired) electrons. The first-order valence-corrected chi connectivity index (χ1v) is 4.72. The molecule has 2 heteroatoms. The first kappa shape index (κ1) is 8.24. The van der Waals surface area contributed by atoms with Crippen molar-refractivity contribution in [1.82, 2.24) is 4.98 Å². The van der Waals surface area contributed by atoms with Crippen LogP contribution in [-0.4, -0.2) is 4.98 Å². The van der Waals surface area contributed by atoms with Crippen LogP contribution in [0, 0.1) is 6.07 Å². The number of oxazole rings is 1. The van der Waals surface area contributed by atoms with E-state index in [-0.39, 0.29) is 0 Å². The van der Waals surface area contributed by atoms with E-state index in [0.717, 1.165) is 11.3 Å². The van der Waals surface area contributed by atoms with Gasteiger partial charge in [0.2, 0.25) is 0 Å². The largest absolute Gasteiger partial charge is 0.444 e. The second kappa shape index (κ2) is 3.24. The van der Waals surface area contributed by atoms with E-state index < -0.39 is 0 Å². The quantitative estimate of drug-likeness (QED) is 0.594. The molecule has 71 valence electrons. The van der Waals surface area contributed by atoms with Crippen LogP contribution in [0.4, 0.5) is 0 Å². The van der Waals surface area contributed by atoms with Gasteiger partial charge in [0.15, 0.2) is 12.2 Å². The van der Waals surface area contributed by atoms with Gasteiger partial charge in [0.05, 0.1) is 6.20 Å². The van der Waals surface area contributed by atoms with E-state index in [9.17, 15) is 0 Å². The lowest BCUT2D eigenvalue weighted by atomic mass is 10.1. The highest BCUT2D eigenvalue weighted by atomic mass is 16.3. The molecule has 0 atom stereocenters. The number of aromatic nitrogens is 1. The number of rotatable bonds is 1. The van der Waals surface area contributed by atoms with Crippen LogP contribution in [0.3, 0.4) is 0 Å². The zero-order chi connectivity index (χ0) is 10.1. The van der Waals surface area contributed by atoms with E-state index >= 15 is 0 Å². The zero-order valence-corrected chi connectivity index (χ0v) is 7.97. The summed E-state index contributed by atoms with van der Waals surface area (Å²) in [6.07, 6.45) is 3.16. The predicted octanol–water partition coefficient (Wildman–Crippen LogP) is 3.29. The van der Waals surface area contributed by atoms with Crippen LogP contribution in [0.5, 0.6) is 0 Å². The number of benzene rings is 2. The molecule has 1 heterocycles. The molecular weight excluding hydrogens is 186 g/mol. The molecule has 2 aromatic carbocycles. The van der Waals surface area contributed by atoms with E-state index in [1.54, 1.807) is 6.20 Å². The number of nitrogens with zero attached hydrogens (tertiary/aromatic N) is 1. The van der Waals surface area contributed by atoms with Crippen LogP contribution in [0.25, 0.3) is 22.1 Å². The first-order valence-electron chi connectivity index (χ1n) is 4.72. The molecule has 3 aromatic rings. The molecular formula is C13H8NO. The lowest BCUT2D eigenvalue weighted by Crippen LogP contribution is -1.76. The third kappa shape index (κ3) is 1.40. The van der Waals surface area contributed by atoms with Gasteiger partial charge >= 0.3 is 0 Å². The van der Waals surface area contributed by atoms with Crippen molar-refractivity contribution in [2.24, 2.45) is 0 Å². The SMILES string of the molecule is [c]1ccc2cc(-c3cnco3)ccc2c1. The minimum Gasteiger partial charge on any atom is -0.444 e. The van der Waals surface area contributed by atoms with Gasteiger partial charge in [0.25, 0.3) is 0 Å². The maximum atomic E-state index is 5.25. The van der Waals surface area contributed by atoms with E-state index in [2.05, 4.69) is 23.2 Å². The smallest absolute Gasteiger partial charge is 0.181 e. The summed E-state index contributed by atoms with van der Waals surface area (Å²) in [7, 11) is 0. The summed E-state index contributed by atoms with van der Waals surface area (Å²) >= 11 is 0. The van der Waals surface area contributed by atoms with Crippen molar-refractivity contribution < 1.29 is 4.42 Å². The van der Waals surface area contributed by atoms with Crippen LogP contribution < -0.4 is 0 Å². The molecule has 0 spiro atoms. The van der Waals surface area contributed by atoms with Crippen molar-refractivity contribution in [1.29, 1.82) is 0 Å². The van der Waals surface area contributed by atoms with E-state index in [1.165, 1.54) is 17.2 Å². The summed E-state index contributed by atoms with van der Waals surface area (Å²) in [5.41, 5.74) is 1.05. The third-order valence-corrected chi connectivity index (χ3v) is 2.40. The normalized spacial score (nSPS) is 10.7. The molecule has 0 aliphatic rings. The van der Waals surface area contributed by atoms with E-state index in [1.807, 2.05) is 24.3 Å². The van der Waals surface area contributed by atoms with Gasteiger partial charge in [0.1, 0.15) is 0 Å². The van der Waals surface area contributed by atoms with Crippen LogP contribution >= 0.6 is 0 Å². The van der Waals surface area contributed by atoms with Crippen LogP contribution in [0.1, 0.15) is 0 Å². The molecule has 15 heavy (non-hydrogen) atoms. The van der Waals surface area contributed by atoms with E-state index in [4.69, 9.17) is 4.42 Å². The third-order valence-electron chi connectivity index (χ3n) is 2.40. The number of fused-ring (bicyclic) bond motifs is 1. The van der Waals surface area contributed by atoms with E-state index in [0.29, 0.717) is 0 Å². The van der Waals surface area contributed by atoms with Crippen molar-refractivity contribution >= 4 is 10.8 Å². The topological polar surface area (TPSA) is 26.0 Å². The molecule has 0 bridgehead atoms. The molecule has 0 amide bonds. The number of hydrogen-bond donors (Lipinski definition) is 0. The Bertz CT molecular complexity index is 584. The highest BCUT2D eigenvalue weighted by molar-refractivity contribution is 5.86. The molecule has 0 unspecified atom stereocenters. The second-order valence-electron chi connectivity index (χ2n) is 3.35. The second-order valence-corrected chi connectivity index (χ2v) is 3.35. The maximum absolute atomic E-state index is 5.25. The predicted molar refractivity (Wildman–Crippen MR) is 58.3 cm³/mol. The maximum Gasteiger partial charge on any atom is 0.181 e. The van der Waals surface area contributed by atoms with Gasteiger partial charge in [-0.1, -0.05) is 24.3 Å². The van der Waals surface area contributed by atoms with Crippen molar-refractivity contribution in [2.75, 3.05) is 0 Å². The van der Waals surface area contributed by atoms with Gasteiger partial charge in [-0.2, -0.15) is 0 Å². The lowest BCUT2D eigenvalue weighted by molar-refractivity contribution is 0.572. The molecule has 0 saturated carbocycles. The molecule has 0 aliphatic carbocycles. The molecule has 0 aliphatic heterocycles. The van der Waals surface area contributed by atoms with Crippen molar-refractivity contribution in [3.63, 3.8) is 0 Å². The van der Waals surface area contributed by atoms with Gasteiger partial charge in [-0.3, -0.25) is 0 Å². The van der Waals surface area contributed by atoms with Gasteiger partial charge in [-0.25, -0.2) is 4.98 Å². The average Bonchev–Trinajstić information content (AvgIpc) is 2.82. The molecule has 0 saturated heterocycles. The van der Waals surface area contributed by atoms with Crippen molar-refractivity contribution in [3.8, 4) is 11.3 Å². The molecule has 0 N–H and O–H groups in total. The Morgan fingerprint density at radius 2 is 2.13 bits per heavy atom. The Kier molecular flexibility index (Phi) is 1.78. The van der Waals surface area contributed by atoms with Gasteiger partial charge < -0.3 is 4.42 Å². The summed E-state index contributed by atoms with van der Waals surface area (Å²) in [6.45, 7) is 0. The Morgan fingerprint density at radius 1 is 1.13 bits per heavy atom. The highest BCUT2D eigenvalue weighted by Crippen LogP contribution is 2.23. The molecule has 1 aromatic heterocycles. The minimum absolute atomic E-state index is 0.796. The summed E-state index contributed by atoms with van der Waals surface area (Å²) in [5.74, 6) is 0.796. The zero-order valence-electron chi connectivity index (χ0n) is 7.97. The fraction of sp³-hybridized carbons (Fsp3) is 0. The first-order chi connectivity index (χ1) is 7.43. The Hall–Kier alpha value is -2.09. The minimum atomic E-state index is 0.796. The molecule has 3 rings (SSSR count). The van der Waals surface area contributed by atoms with Gasteiger partial charge in [-0.15, -0.1) is 0 Å². The van der Waals surface area contributed by atoms with Crippen molar-refractivity contribution in [3.05, 3.63) is 55.1 Å². The molecule has 0 fully saturated rings. The number of hydrogen-bond acceptors (Lipinski definition) is 2. The fourth-order valence-electron chi connectivity index (χ4n) is 1.64. The van der Waals surface area contributed by atoms with Gasteiger partial charge in [-0.05, 0) is 29.0 Å². The molecule has 2 nitrogen and oxygen atoms in total. The summed E-state index contributed by atoms with van der Waals surface area (Å²) in [5, 5.41) is 2.36. The highest BCUT2D eigenvalue weighted by Gasteiger charge is 2.01. The van der Waals surface area contributed by atoms with Crippen LogP contribution in [0.2, 0.25) is 0 Å². The standard InChI is InChI=1S/C13H8NO/c1-2-4-11-7-12(6-5-10(11)3-1)13-8-14-9-15-13/h2-9H. The van der Waals surface area contributed by atoms with Crippen LogP contribution in [0.15, 0.2) is 53.4 Å². The van der Waals surface area contributed by atoms with Gasteiger partial charge in [0, 0.05) is 5.56 Å². The fourth-order valence-corrected chi connectivity index (χ4v) is 1.64. The van der Waals surface area contributed by atoms with Crippen LogP contribution in [-0.2, 0) is 0 Å². The Labute approximate surface area is 87.2 Å². The Balaban J connectivity index is 2.22.